The summed E-state index contributed by atoms with van der Waals surface area (Å²) < 4.78 is 0.437. The third-order valence-electron chi connectivity index (χ3n) is 1.31. The van der Waals surface area contributed by atoms with Crippen LogP contribution in [-0.2, 0) is 0 Å². The first-order valence-corrected chi connectivity index (χ1v) is 6.37. The molecule has 0 aromatic heterocycles. The van der Waals surface area contributed by atoms with E-state index in [-0.39, 0.29) is 0 Å². The van der Waals surface area contributed by atoms with Crippen molar-refractivity contribution in [3.8, 4) is 0 Å². The van der Waals surface area contributed by atoms with Crippen molar-refractivity contribution in [1.29, 1.82) is 0 Å². The van der Waals surface area contributed by atoms with Gasteiger partial charge in [-0.15, -0.1) is 23.5 Å². The van der Waals surface area contributed by atoms with E-state index in [1.807, 2.05) is 0 Å². The molecule has 0 aliphatic rings. The minimum absolute atomic E-state index is 0.437. The van der Waals surface area contributed by atoms with Gasteiger partial charge in [0.25, 0.3) is 0 Å². The third kappa shape index (κ3) is 7.07. The lowest BCUT2D eigenvalue weighted by atomic mass is 10.5. The lowest BCUT2D eigenvalue weighted by molar-refractivity contribution is 0.995. The average Bonchev–Trinajstić information content (AvgIpc) is 1.97. The Labute approximate surface area is 79.9 Å². The molecule has 0 atom stereocenters. The van der Waals surface area contributed by atoms with Gasteiger partial charge in [0.2, 0.25) is 0 Å². The van der Waals surface area contributed by atoms with Crippen molar-refractivity contribution in [2.24, 2.45) is 0 Å². The minimum atomic E-state index is 0.437. The molecule has 0 nitrogen and oxygen atoms in total. The van der Waals surface area contributed by atoms with Crippen molar-refractivity contribution in [3.05, 3.63) is 0 Å². The molecule has 0 unspecified atom stereocenters. The molecule has 0 bridgehead atoms. The van der Waals surface area contributed by atoms with Crippen molar-refractivity contribution < 1.29 is 0 Å². The average molecular weight is 192 g/mol. The Hall–Kier alpha value is 0.700. The molecule has 0 aliphatic carbocycles. The Morgan fingerprint density at radius 3 is 1.55 bits per heavy atom. The van der Waals surface area contributed by atoms with Crippen LogP contribution >= 0.6 is 23.5 Å². The molecule has 0 aromatic rings. The van der Waals surface area contributed by atoms with Gasteiger partial charge in [-0.25, -0.2) is 0 Å². The van der Waals surface area contributed by atoms with Gasteiger partial charge >= 0.3 is 0 Å². The van der Waals surface area contributed by atoms with Gasteiger partial charge in [0, 0.05) is 0 Å². The highest BCUT2D eigenvalue weighted by Crippen LogP contribution is 2.36. The zero-order valence-electron chi connectivity index (χ0n) is 8.14. The highest BCUT2D eigenvalue weighted by molar-refractivity contribution is 8.18. The maximum atomic E-state index is 2.33. The SMILES string of the molecule is CCCSC(C)(C)SCCC. The molecular weight excluding hydrogens is 172 g/mol. The van der Waals surface area contributed by atoms with Crippen LogP contribution in [0, 0.1) is 0 Å². The maximum Gasteiger partial charge on any atom is 0.0555 e. The number of hydrogen-bond acceptors (Lipinski definition) is 2. The zero-order valence-corrected chi connectivity index (χ0v) is 9.78. The molecule has 0 N–H and O–H groups in total. The van der Waals surface area contributed by atoms with Crippen LogP contribution in [0.15, 0.2) is 0 Å². The van der Waals surface area contributed by atoms with Crippen molar-refractivity contribution in [2.45, 2.75) is 44.6 Å². The molecule has 0 saturated carbocycles. The fourth-order valence-electron chi connectivity index (χ4n) is 0.737. The van der Waals surface area contributed by atoms with E-state index in [1.165, 1.54) is 24.3 Å². The summed E-state index contributed by atoms with van der Waals surface area (Å²) in [5.41, 5.74) is 0. The van der Waals surface area contributed by atoms with Crippen molar-refractivity contribution in [3.63, 3.8) is 0 Å². The summed E-state index contributed by atoms with van der Waals surface area (Å²) >= 11 is 4.16. The Balaban J connectivity index is 3.43. The predicted octanol–water partition coefficient (Wildman–Crippen LogP) is 4.01. The minimum Gasteiger partial charge on any atom is -0.145 e. The quantitative estimate of drug-likeness (QED) is 0.583. The van der Waals surface area contributed by atoms with Crippen LogP contribution in [0.2, 0.25) is 0 Å². The zero-order chi connectivity index (χ0) is 8.74. The highest BCUT2D eigenvalue weighted by Gasteiger charge is 2.16. The molecule has 11 heavy (non-hydrogen) atoms. The van der Waals surface area contributed by atoms with Gasteiger partial charge in [-0.3, -0.25) is 0 Å². The molecule has 68 valence electrons. The second-order valence-electron chi connectivity index (χ2n) is 3.10. The van der Waals surface area contributed by atoms with E-state index in [0.29, 0.717) is 4.08 Å². The topological polar surface area (TPSA) is 0 Å². The van der Waals surface area contributed by atoms with Crippen LogP contribution in [0.5, 0.6) is 0 Å². The summed E-state index contributed by atoms with van der Waals surface area (Å²) in [6.07, 6.45) is 2.58. The number of thioether (sulfide) groups is 2. The van der Waals surface area contributed by atoms with Crippen LogP contribution < -0.4 is 0 Å². The summed E-state index contributed by atoms with van der Waals surface area (Å²) in [7, 11) is 0. The standard InChI is InChI=1S/C9H20S2/c1-5-7-10-9(3,4)11-8-6-2/h5-8H2,1-4H3. The van der Waals surface area contributed by atoms with Gasteiger partial charge in [-0.05, 0) is 38.2 Å². The first-order chi connectivity index (χ1) is 5.12. The lowest BCUT2D eigenvalue weighted by Gasteiger charge is -2.22. The molecule has 0 spiro atoms. The van der Waals surface area contributed by atoms with Crippen LogP contribution in [0.25, 0.3) is 0 Å². The van der Waals surface area contributed by atoms with Gasteiger partial charge in [-0.2, -0.15) is 0 Å². The van der Waals surface area contributed by atoms with Crippen LogP contribution in [0.3, 0.4) is 0 Å². The molecule has 0 rings (SSSR count). The van der Waals surface area contributed by atoms with E-state index >= 15 is 0 Å². The smallest absolute Gasteiger partial charge is 0.0555 e. The lowest BCUT2D eigenvalue weighted by Crippen LogP contribution is -2.10. The van der Waals surface area contributed by atoms with Crippen LogP contribution in [0.4, 0.5) is 0 Å². The van der Waals surface area contributed by atoms with E-state index in [9.17, 15) is 0 Å². The normalized spacial score (nSPS) is 12.0. The Bertz CT molecular complexity index is 79.6. The van der Waals surface area contributed by atoms with Crippen molar-refractivity contribution in [1.82, 2.24) is 0 Å². The summed E-state index contributed by atoms with van der Waals surface area (Å²) in [6.45, 7) is 9.14. The number of hydrogen-bond donors (Lipinski definition) is 0. The largest absolute Gasteiger partial charge is 0.145 e. The fraction of sp³-hybridized carbons (Fsp3) is 1.00. The monoisotopic (exact) mass is 192 g/mol. The number of rotatable bonds is 6. The second-order valence-corrected chi connectivity index (χ2v) is 6.79. The van der Waals surface area contributed by atoms with E-state index in [0.717, 1.165) is 0 Å². The molecule has 0 aromatic carbocycles. The van der Waals surface area contributed by atoms with E-state index in [1.54, 1.807) is 0 Å². The molecular formula is C9H20S2. The molecule has 0 radical (unpaired) electrons. The third-order valence-corrected chi connectivity index (χ3v) is 4.63. The summed E-state index contributed by atoms with van der Waals surface area (Å²) in [6, 6.07) is 0. The Morgan fingerprint density at radius 1 is 0.909 bits per heavy atom. The van der Waals surface area contributed by atoms with Crippen LogP contribution in [0.1, 0.15) is 40.5 Å². The molecule has 0 amide bonds. The van der Waals surface area contributed by atoms with Gasteiger partial charge in [0.1, 0.15) is 0 Å². The summed E-state index contributed by atoms with van der Waals surface area (Å²) in [5.74, 6) is 2.59. The van der Waals surface area contributed by atoms with E-state index in [2.05, 4.69) is 51.2 Å². The molecule has 0 aliphatic heterocycles. The van der Waals surface area contributed by atoms with Crippen LogP contribution in [-0.4, -0.2) is 15.6 Å². The molecule has 2 heteroatoms. The fourth-order valence-corrected chi connectivity index (χ4v) is 2.96. The molecule has 0 saturated heterocycles. The van der Waals surface area contributed by atoms with Crippen molar-refractivity contribution in [2.75, 3.05) is 11.5 Å². The van der Waals surface area contributed by atoms with E-state index in [4.69, 9.17) is 0 Å². The molecule has 0 heterocycles. The predicted molar refractivity (Wildman–Crippen MR) is 59.6 cm³/mol. The van der Waals surface area contributed by atoms with E-state index < -0.39 is 0 Å². The summed E-state index contributed by atoms with van der Waals surface area (Å²) in [5, 5.41) is 0. The van der Waals surface area contributed by atoms with Gasteiger partial charge in [0.15, 0.2) is 0 Å². The molecule has 0 fully saturated rings. The summed E-state index contributed by atoms with van der Waals surface area (Å²) in [4.78, 5) is 0. The first-order valence-electron chi connectivity index (χ1n) is 4.40. The highest BCUT2D eigenvalue weighted by atomic mass is 32.2. The Kier molecular flexibility index (Phi) is 6.64. The Morgan fingerprint density at radius 2 is 1.27 bits per heavy atom. The van der Waals surface area contributed by atoms with Gasteiger partial charge in [-0.1, -0.05) is 13.8 Å². The van der Waals surface area contributed by atoms with Gasteiger partial charge < -0.3 is 0 Å². The maximum absolute atomic E-state index is 2.33. The van der Waals surface area contributed by atoms with Crippen molar-refractivity contribution >= 4 is 23.5 Å². The van der Waals surface area contributed by atoms with Gasteiger partial charge in [0.05, 0.1) is 4.08 Å². The second kappa shape index (κ2) is 6.24. The first kappa shape index (κ1) is 11.7.